The van der Waals surface area contributed by atoms with E-state index in [-0.39, 0.29) is 6.42 Å². The van der Waals surface area contributed by atoms with Crippen molar-refractivity contribution in [3.63, 3.8) is 0 Å². The number of unbranched alkanes of at least 4 members (excludes halogenated alkanes) is 5. The van der Waals surface area contributed by atoms with Crippen LogP contribution >= 0.6 is 0 Å². The number of carboxylic acids is 1. The summed E-state index contributed by atoms with van der Waals surface area (Å²) in [5, 5.41) is 16.5. The lowest BCUT2D eigenvalue weighted by molar-refractivity contribution is -0.137. The topological polar surface area (TPSA) is 83.5 Å². The fourth-order valence-corrected chi connectivity index (χ4v) is 1.14. The molecule has 0 bridgehead atoms. The molecule has 0 atom stereocenters. The summed E-state index contributed by atoms with van der Waals surface area (Å²) >= 11 is 0. The monoisotopic (exact) mass is 233 g/mol. The van der Waals surface area contributed by atoms with Crippen molar-refractivity contribution in [1.82, 2.24) is 0 Å². The molecule has 16 heavy (non-hydrogen) atoms. The first-order valence-corrected chi connectivity index (χ1v) is 6.21. The van der Waals surface area contributed by atoms with Crippen LogP contribution in [-0.4, -0.2) is 29.3 Å². The van der Waals surface area contributed by atoms with Gasteiger partial charge in [0, 0.05) is 13.0 Å². The van der Waals surface area contributed by atoms with Crippen molar-refractivity contribution in [3.8, 4) is 0 Å². The number of aliphatic carboxylic acids is 1. The van der Waals surface area contributed by atoms with Crippen LogP contribution in [-0.2, 0) is 4.79 Å². The normalized spacial score (nSPS) is 9.44. The second-order valence-electron chi connectivity index (χ2n) is 3.78. The highest BCUT2D eigenvalue weighted by atomic mass is 16.4. The van der Waals surface area contributed by atoms with Crippen LogP contribution in [0.5, 0.6) is 0 Å². The second kappa shape index (κ2) is 16.8. The van der Waals surface area contributed by atoms with Gasteiger partial charge in [-0.25, -0.2) is 0 Å². The highest BCUT2D eigenvalue weighted by Gasteiger charge is 1.94. The van der Waals surface area contributed by atoms with E-state index < -0.39 is 5.97 Å². The average Bonchev–Trinajstić information content (AvgIpc) is 2.26. The van der Waals surface area contributed by atoms with Crippen LogP contribution in [0, 0.1) is 0 Å². The Kier molecular flexibility index (Phi) is 18.7. The Morgan fingerprint density at radius 1 is 1.06 bits per heavy atom. The van der Waals surface area contributed by atoms with Gasteiger partial charge in [0.25, 0.3) is 0 Å². The van der Waals surface area contributed by atoms with E-state index in [4.69, 9.17) is 15.9 Å². The molecule has 0 saturated heterocycles. The lowest BCUT2D eigenvalue weighted by atomic mass is 10.2. The second-order valence-corrected chi connectivity index (χ2v) is 3.78. The Morgan fingerprint density at radius 3 is 2.12 bits per heavy atom. The van der Waals surface area contributed by atoms with Gasteiger partial charge in [0.05, 0.1) is 0 Å². The van der Waals surface area contributed by atoms with Crippen molar-refractivity contribution < 1.29 is 15.0 Å². The molecule has 0 unspecified atom stereocenters. The van der Waals surface area contributed by atoms with Gasteiger partial charge in [-0.2, -0.15) is 0 Å². The van der Waals surface area contributed by atoms with E-state index in [1.807, 2.05) is 0 Å². The van der Waals surface area contributed by atoms with Gasteiger partial charge in [-0.3, -0.25) is 4.79 Å². The molecule has 4 N–H and O–H groups in total. The molecule has 0 saturated carbocycles. The van der Waals surface area contributed by atoms with Crippen LogP contribution in [0.3, 0.4) is 0 Å². The zero-order valence-electron chi connectivity index (χ0n) is 10.5. The summed E-state index contributed by atoms with van der Waals surface area (Å²) in [6, 6.07) is 0. The molecule has 0 aliphatic carbocycles. The van der Waals surface area contributed by atoms with Crippen LogP contribution in [0.25, 0.3) is 0 Å². The fraction of sp³-hybridized carbons (Fsp3) is 0.917. The summed E-state index contributed by atoms with van der Waals surface area (Å²) < 4.78 is 0. The van der Waals surface area contributed by atoms with Gasteiger partial charge in [0.2, 0.25) is 0 Å². The zero-order chi connectivity index (χ0) is 12.6. The van der Waals surface area contributed by atoms with Crippen LogP contribution in [0.2, 0.25) is 0 Å². The third kappa shape index (κ3) is 23.3. The standard InChI is InChI=1S/C6H13NO2.C6H14O/c7-5-3-1-2-4-6(8)9;1-2-3-4-5-6-7/h1-5,7H2,(H,8,9);7H,2-6H2,1H3. The number of carbonyl (C=O) groups is 1. The number of hydrogen-bond acceptors (Lipinski definition) is 3. The van der Waals surface area contributed by atoms with Crippen LogP contribution in [0.15, 0.2) is 0 Å². The zero-order valence-corrected chi connectivity index (χ0v) is 10.5. The van der Waals surface area contributed by atoms with Gasteiger partial charge in [-0.15, -0.1) is 0 Å². The Labute approximate surface area is 98.8 Å². The predicted octanol–water partition coefficient (Wildman–Crippen LogP) is 2.15. The number of nitrogens with two attached hydrogens (primary N) is 1. The predicted molar refractivity (Wildman–Crippen MR) is 66.4 cm³/mol. The van der Waals surface area contributed by atoms with Gasteiger partial charge in [-0.05, 0) is 25.8 Å². The fourth-order valence-electron chi connectivity index (χ4n) is 1.14. The summed E-state index contributed by atoms with van der Waals surface area (Å²) in [5.74, 6) is -0.716. The summed E-state index contributed by atoms with van der Waals surface area (Å²) in [6.45, 7) is 3.19. The minimum atomic E-state index is -0.716. The Bertz CT molecular complexity index is 136. The maximum Gasteiger partial charge on any atom is 0.303 e. The summed E-state index contributed by atoms with van der Waals surface area (Å²) in [6.07, 6.45) is 7.59. The quantitative estimate of drug-likeness (QED) is 0.533. The summed E-state index contributed by atoms with van der Waals surface area (Å²) in [7, 11) is 0. The number of hydrogen-bond donors (Lipinski definition) is 3. The lowest BCUT2D eigenvalue weighted by Gasteiger charge is -1.93. The Balaban J connectivity index is 0. The molecule has 0 aromatic carbocycles. The molecular weight excluding hydrogens is 206 g/mol. The van der Waals surface area contributed by atoms with Crippen molar-refractivity contribution in [2.24, 2.45) is 5.73 Å². The van der Waals surface area contributed by atoms with E-state index in [1.54, 1.807) is 0 Å². The van der Waals surface area contributed by atoms with Crippen LogP contribution in [0.4, 0.5) is 0 Å². The highest BCUT2D eigenvalue weighted by molar-refractivity contribution is 5.66. The molecular formula is C12H27NO3. The van der Waals surface area contributed by atoms with Gasteiger partial charge in [0.15, 0.2) is 0 Å². The number of aliphatic hydroxyl groups excluding tert-OH is 1. The number of aliphatic hydroxyl groups is 1. The van der Waals surface area contributed by atoms with Gasteiger partial charge in [-0.1, -0.05) is 32.6 Å². The first-order valence-electron chi connectivity index (χ1n) is 6.21. The maximum atomic E-state index is 9.93. The van der Waals surface area contributed by atoms with Gasteiger partial charge in [0.1, 0.15) is 0 Å². The summed E-state index contributed by atoms with van der Waals surface area (Å²) in [4.78, 5) is 9.93. The summed E-state index contributed by atoms with van der Waals surface area (Å²) in [5.41, 5.74) is 5.20. The number of carboxylic acid groups (broad SMARTS) is 1. The molecule has 0 fully saturated rings. The molecule has 0 rings (SSSR count). The molecule has 0 aromatic heterocycles. The largest absolute Gasteiger partial charge is 0.481 e. The molecule has 0 aromatic rings. The first-order chi connectivity index (χ1) is 7.68. The van der Waals surface area contributed by atoms with Crippen LogP contribution < -0.4 is 5.73 Å². The van der Waals surface area contributed by atoms with E-state index >= 15 is 0 Å². The molecule has 0 aliphatic heterocycles. The maximum absolute atomic E-state index is 9.93. The van der Waals surface area contributed by atoms with Crippen molar-refractivity contribution in [3.05, 3.63) is 0 Å². The molecule has 0 radical (unpaired) electrons. The SMILES string of the molecule is CCCCCCO.NCCCCCC(=O)O. The molecule has 0 amide bonds. The van der Waals surface area contributed by atoms with Crippen molar-refractivity contribution >= 4 is 5.97 Å². The highest BCUT2D eigenvalue weighted by Crippen LogP contribution is 1.97. The van der Waals surface area contributed by atoms with E-state index in [2.05, 4.69) is 6.92 Å². The van der Waals surface area contributed by atoms with Crippen molar-refractivity contribution in [2.75, 3.05) is 13.2 Å². The lowest BCUT2D eigenvalue weighted by Crippen LogP contribution is -1.99. The first kappa shape index (κ1) is 17.8. The Morgan fingerprint density at radius 2 is 1.69 bits per heavy atom. The third-order valence-corrected chi connectivity index (χ3v) is 2.11. The molecule has 98 valence electrons. The minimum Gasteiger partial charge on any atom is -0.481 e. The van der Waals surface area contributed by atoms with Crippen molar-refractivity contribution in [1.29, 1.82) is 0 Å². The molecule has 0 heterocycles. The third-order valence-electron chi connectivity index (χ3n) is 2.11. The van der Waals surface area contributed by atoms with E-state index in [1.165, 1.54) is 19.3 Å². The molecule has 4 nitrogen and oxygen atoms in total. The average molecular weight is 233 g/mol. The van der Waals surface area contributed by atoms with Gasteiger partial charge < -0.3 is 15.9 Å². The Hall–Kier alpha value is -0.610. The molecule has 4 heteroatoms. The van der Waals surface area contributed by atoms with E-state index in [0.717, 1.165) is 25.7 Å². The van der Waals surface area contributed by atoms with E-state index in [0.29, 0.717) is 13.2 Å². The van der Waals surface area contributed by atoms with E-state index in [9.17, 15) is 4.79 Å². The van der Waals surface area contributed by atoms with Crippen LogP contribution in [0.1, 0.15) is 58.3 Å². The number of rotatable bonds is 9. The smallest absolute Gasteiger partial charge is 0.303 e. The minimum absolute atomic E-state index is 0.278. The molecule has 0 spiro atoms. The van der Waals surface area contributed by atoms with Gasteiger partial charge >= 0.3 is 5.97 Å². The molecule has 0 aliphatic rings. The van der Waals surface area contributed by atoms with Crippen molar-refractivity contribution in [2.45, 2.75) is 58.3 Å².